The van der Waals surface area contributed by atoms with Gasteiger partial charge >= 0.3 is 6.55 Å². The van der Waals surface area contributed by atoms with Crippen molar-refractivity contribution in [1.82, 2.24) is 24.3 Å². The Hall–Kier alpha value is -1.81. The molecule has 0 unspecified atom stereocenters. The second-order valence-electron chi connectivity index (χ2n) is 5.83. The summed E-state index contributed by atoms with van der Waals surface area (Å²) in [7, 11) is -3.91. The highest BCUT2D eigenvalue weighted by Gasteiger charge is 2.27. The van der Waals surface area contributed by atoms with Crippen LogP contribution >= 0.6 is 0 Å². The molecule has 2 heterocycles. The van der Waals surface area contributed by atoms with Crippen LogP contribution in [-0.4, -0.2) is 34.5 Å². The van der Waals surface area contributed by atoms with Crippen molar-refractivity contribution >= 4 is 10.0 Å². The highest BCUT2D eigenvalue weighted by molar-refractivity contribution is 7.89. The first-order valence-corrected chi connectivity index (χ1v) is 8.93. The van der Waals surface area contributed by atoms with Crippen molar-refractivity contribution in [2.24, 2.45) is 5.92 Å². The van der Waals surface area contributed by atoms with Crippen LogP contribution in [0.15, 0.2) is 17.2 Å². The molecular weight excluding hydrogens is 340 g/mol. The van der Waals surface area contributed by atoms with Gasteiger partial charge in [0, 0.05) is 25.0 Å². The van der Waals surface area contributed by atoms with Crippen molar-refractivity contribution in [3.63, 3.8) is 0 Å². The summed E-state index contributed by atoms with van der Waals surface area (Å²) in [5, 5.41) is 7.76. The quantitative estimate of drug-likeness (QED) is 0.818. The van der Waals surface area contributed by atoms with Crippen LogP contribution in [-0.2, 0) is 16.6 Å². The molecule has 24 heavy (non-hydrogen) atoms. The second kappa shape index (κ2) is 6.98. The summed E-state index contributed by atoms with van der Waals surface area (Å²) in [6, 6.07) is 1.86. The van der Waals surface area contributed by atoms with Crippen molar-refractivity contribution in [2.45, 2.75) is 45.7 Å². The molecule has 10 heteroatoms. The van der Waals surface area contributed by atoms with Gasteiger partial charge in [-0.1, -0.05) is 6.92 Å². The molecule has 0 aliphatic rings. The summed E-state index contributed by atoms with van der Waals surface area (Å²) in [4.78, 5) is -0.190. The standard InChI is InChI=1S/C14H21F2N5O2S/c1-9(8-20-10(2)5-6-17-20)7-18-24(22,23)13-11(3)19-21(12(13)4)14(15)16/h5-6,9,14,18H,7-8H2,1-4H3/t9-/m0/s1. The monoisotopic (exact) mass is 361 g/mol. The van der Waals surface area contributed by atoms with E-state index in [1.165, 1.54) is 13.8 Å². The van der Waals surface area contributed by atoms with Crippen LogP contribution in [0.25, 0.3) is 0 Å². The van der Waals surface area contributed by atoms with Crippen molar-refractivity contribution in [3.8, 4) is 0 Å². The molecule has 2 aromatic rings. The van der Waals surface area contributed by atoms with Crippen molar-refractivity contribution < 1.29 is 17.2 Å². The molecule has 0 bridgehead atoms. The van der Waals surface area contributed by atoms with Crippen LogP contribution in [0.1, 0.15) is 30.6 Å². The predicted molar refractivity (Wildman–Crippen MR) is 84.3 cm³/mol. The van der Waals surface area contributed by atoms with Crippen LogP contribution in [0.2, 0.25) is 0 Å². The predicted octanol–water partition coefficient (Wildman–Crippen LogP) is 2.01. The lowest BCUT2D eigenvalue weighted by molar-refractivity contribution is 0.0538. The molecule has 0 amide bonds. The Labute approximate surface area is 139 Å². The van der Waals surface area contributed by atoms with Crippen LogP contribution < -0.4 is 4.72 Å². The van der Waals surface area contributed by atoms with Gasteiger partial charge in [0.1, 0.15) is 4.90 Å². The Morgan fingerprint density at radius 2 is 1.96 bits per heavy atom. The molecule has 134 valence electrons. The summed E-state index contributed by atoms with van der Waals surface area (Å²) in [6.45, 7) is 4.35. The third kappa shape index (κ3) is 3.81. The lowest BCUT2D eigenvalue weighted by Crippen LogP contribution is -2.31. The van der Waals surface area contributed by atoms with Gasteiger partial charge in [-0.15, -0.1) is 0 Å². The maximum Gasteiger partial charge on any atom is 0.333 e. The van der Waals surface area contributed by atoms with Gasteiger partial charge < -0.3 is 0 Å². The molecule has 0 radical (unpaired) electrons. The third-order valence-corrected chi connectivity index (χ3v) is 5.42. The summed E-state index contributed by atoms with van der Waals surface area (Å²) < 4.78 is 55.3. The fourth-order valence-corrected chi connectivity index (χ4v) is 4.06. The van der Waals surface area contributed by atoms with Crippen molar-refractivity contribution in [1.29, 1.82) is 0 Å². The summed E-state index contributed by atoms with van der Waals surface area (Å²) in [6.07, 6.45) is 1.68. The molecule has 0 saturated carbocycles. The number of aryl methyl sites for hydroxylation is 2. The van der Waals surface area contributed by atoms with Gasteiger partial charge in [0.15, 0.2) is 0 Å². The fourth-order valence-electron chi connectivity index (χ4n) is 2.50. The maximum absolute atomic E-state index is 12.8. The Balaban J connectivity index is 2.10. The van der Waals surface area contributed by atoms with E-state index in [4.69, 9.17) is 0 Å². The molecule has 7 nitrogen and oxygen atoms in total. The molecule has 1 atom stereocenters. The highest BCUT2D eigenvalue weighted by atomic mass is 32.2. The Bertz CT molecular complexity index is 813. The van der Waals surface area contributed by atoms with E-state index in [1.54, 1.807) is 10.9 Å². The van der Waals surface area contributed by atoms with Crippen LogP contribution in [0, 0.1) is 26.7 Å². The topological polar surface area (TPSA) is 81.8 Å². The lowest BCUT2D eigenvalue weighted by Gasteiger charge is -2.14. The number of hydrogen-bond acceptors (Lipinski definition) is 4. The van der Waals surface area contributed by atoms with E-state index in [0.29, 0.717) is 11.2 Å². The van der Waals surface area contributed by atoms with E-state index in [1.807, 2.05) is 19.9 Å². The van der Waals surface area contributed by atoms with Gasteiger partial charge in [0.2, 0.25) is 10.0 Å². The number of nitrogens with zero attached hydrogens (tertiary/aromatic N) is 4. The summed E-state index contributed by atoms with van der Waals surface area (Å²) >= 11 is 0. The first-order valence-electron chi connectivity index (χ1n) is 7.45. The van der Waals surface area contributed by atoms with Gasteiger partial charge in [-0.25, -0.2) is 17.8 Å². The van der Waals surface area contributed by atoms with Crippen LogP contribution in [0.3, 0.4) is 0 Å². The Morgan fingerprint density at radius 1 is 1.29 bits per heavy atom. The molecule has 0 saturated heterocycles. The number of hydrogen-bond donors (Lipinski definition) is 1. The van der Waals surface area contributed by atoms with Gasteiger partial charge in [-0.05, 0) is 32.8 Å². The SMILES string of the molecule is Cc1nn(C(F)F)c(C)c1S(=O)(=O)NC[C@H](C)Cn1nccc1C. The minimum Gasteiger partial charge on any atom is -0.270 e. The molecule has 0 aliphatic carbocycles. The van der Waals surface area contributed by atoms with E-state index in [9.17, 15) is 17.2 Å². The largest absolute Gasteiger partial charge is 0.333 e. The fraction of sp³-hybridized carbons (Fsp3) is 0.571. The Kier molecular flexibility index (Phi) is 5.38. The van der Waals surface area contributed by atoms with E-state index < -0.39 is 16.6 Å². The first-order chi connectivity index (χ1) is 11.1. The average Bonchev–Trinajstić information content (AvgIpc) is 3.01. The van der Waals surface area contributed by atoms with E-state index >= 15 is 0 Å². The minimum absolute atomic E-state index is 0.0240. The molecule has 1 N–H and O–H groups in total. The summed E-state index contributed by atoms with van der Waals surface area (Å²) in [5.74, 6) is -0.0240. The second-order valence-corrected chi connectivity index (χ2v) is 7.54. The van der Waals surface area contributed by atoms with Crippen molar-refractivity contribution in [2.75, 3.05) is 6.54 Å². The number of aromatic nitrogens is 4. The van der Waals surface area contributed by atoms with Gasteiger partial charge in [0.05, 0.1) is 11.4 Å². The van der Waals surface area contributed by atoms with Crippen LogP contribution in [0.4, 0.5) is 8.78 Å². The highest BCUT2D eigenvalue weighted by Crippen LogP contribution is 2.23. The normalized spacial score (nSPS) is 13.6. The maximum atomic E-state index is 12.8. The molecule has 0 spiro atoms. The summed E-state index contributed by atoms with van der Waals surface area (Å²) in [5.41, 5.74) is 0.955. The zero-order valence-electron chi connectivity index (χ0n) is 14.0. The van der Waals surface area contributed by atoms with Gasteiger partial charge in [-0.2, -0.15) is 19.0 Å². The lowest BCUT2D eigenvalue weighted by atomic mass is 10.2. The zero-order chi connectivity index (χ0) is 18.1. The number of sulfonamides is 1. The van der Waals surface area contributed by atoms with Crippen molar-refractivity contribution in [3.05, 3.63) is 29.3 Å². The van der Waals surface area contributed by atoms with E-state index in [0.717, 1.165) is 5.69 Å². The van der Waals surface area contributed by atoms with E-state index in [2.05, 4.69) is 14.9 Å². The minimum atomic E-state index is -3.91. The molecule has 0 aliphatic heterocycles. The van der Waals surface area contributed by atoms with Crippen LogP contribution in [0.5, 0.6) is 0 Å². The van der Waals surface area contributed by atoms with Gasteiger partial charge in [0.25, 0.3) is 0 Å². The molecule has 2 rings (SSSR count). The molecule has 2 aromatic heterocycles. The Morgan fingerprint density at radius 3 is 2.46 bits per heavy atom. The molecule has 0 fully saturated rings. The smallest absolute Gasteiger partial charge is 0.270 e. The zero-order valence-corrected chi connectivity index (χ0v) is 14.8. The number of halogens is 2. The number of nitrogens with one attached hydrogen (secondary N) is 1. The first kappa shape index (κ1) is 18.5. The third-order valence-electron chi connectivity index (χ3n) is 3.75. The average molecular weight is 361 g/mol. The number of alkyl halides is 2. The number of rotatable bonds is 7. The van der Waals surface area contributed by atoms with E-state index in [-0.39, 0.29) is 28.7 Å². The van der Waals surface area contributed by atoms with Gasteiger partial charge in [-0.3, -0.25) is 4.68 Å². The molecular formula is C14H21F2N5O2S. The molecule has 0 aromatic carbocycles.